The molecule has 1 atom stereocenters. The maximum Gasteiger partial charge on any atom is 0.270 e. The van der Waals surface area contributed by atoms with Crippen molar-refractivity contribution >= 4 is 55.4 Å². The number of sulfone groups is 1. The Morgan fingerprint density at radius 2 is 1.51 bits per heavy atom. The van der Waals surface area contributed by atoms with Crippen molar-refractivity contribution in [3.8, 4) is 11.5 Å². The first-order chi connectivity index (χ1) is 20.5. The van der Waals surface area contributed by atoms with Crippen molar-refractivity contribution in [2.24, 2.45) is 0 Å². The zero-order valence-electron chi connectivity index (χ0n) is 23.2. The number of halogens is 1. The van der Waals surface area contributed by atoms with E-state index in [-0.39, 0.29) is 37.7 Å². The summed E-state index contributed by atoms with van der Waals surface area (Å²) in [4.78, 5) is 25.4. The lowest BCUT2D eigenvalue weighted by atomic mass is 10.1. The first-order valence-electron chi connectivity index (χ1n) is 13.2. The summed E-state index contributed by atoms with van der Waals surface area (Å²) in [5, 5.41) is 16.6. The zero-order valence-corrected chi connectivity index (χ0v) is 24.7. The van der Waals surface area contributed by atoms with E-state index < -0.39 is 27.8 Å². The molecule has 218 valence electrons. The molecule has 0 saturated heterocycles. The van der Waals surface area contributed by atoms with Gasteiger partial charge >= 0.3 is 0 Å². The van der Waals surface area contributed by atoms with Crippen LogP contribution >= 0.6 is 11.6 Å². The van der Waals surface area contributed by atoms with E-state index in [0.29, 0.717) is 16.3 Å². The highest BCUT2D eigenvalue weighted by molar-refractivity contribution is 7.91. The van der Waals surface area contributed by atoms with Gasteiger partial charge in [-0.3, -0.25) is 9.59 Å². The van der Waals surface area contributed by atoms with Crippen LogP contribution in [0.15, 0.2) is 113 Å². The molecule has 0 aliphatic rings. The molecule has 2 amide bonds. The number of aryl methyl sites for hydroxylation is 1. The molecule has 10 heteroatoms. The Morgan fingerprint density at radius 3 is 2.21 bits per heavy atom. The molecule has 0 saturated carbocycles. The topological polar surface area (TPSA) is 122 Å². The number of phenols is 1. The van der Waals surface area contributed by atoms with Gasteiger partial charge in [0, 0.05) is 29.3 Å². The number of nitrogens with one attached hydrogen (secondary N) is 2. The van der Waals surface area contributed by atoms with Gasteiger partial charge in [0.2, 0.25) is 21.8 Å². The molecule has 3 N–H and O–H groups in total. The maximum absolute atomic E-state index is 13.7. The third kappa shape index (κ3) is 6.33. The summed E-state index contributed by atoms with van der Waals surface area (Å²) >= 11 is 6.36. The molecule has 5 aromatic rings. The third-order valence-electron chi connectivity index (χ3n) is 6.67. The van der Waals surface area contributed by atoms with Gasteiger partial charge in [-0.15, -0.1) is 0 Å². The van der Waals surface area contributed by atoms with Crippen LogP contribution in [0.5, 0.6) is 11.5 Å². The number of fused-ring (bicyclic) bond motifs is 1. The van der Waals surface area contributed by atoms with Gasteiger partial charge < -0.3 is 20.5 Å². The van der Waals surface area contributed by atoms with Gasteiger partial charge in [-0.25, -0.2) is 8.42 Å². The molecule has 5 aromatic carbocycles. The Labute approximate surface area is 253 Å². The Bertz CT molecular complexity index is 1960. The number of carbonyl (C=O) groups excluding carboxylic acids is 2. The average molecular weight is 615 g/mol. The highest BCUT2D eigenvalue weighted by atomic mass is 35.5. The molecule has 0 aliphatic heterocycles. The van der Waals surface area contributed by atoms with E-state index in [1.807, 2.05) is 13.0 Å². The van der Waals surface area contributed by atoms with Crippen LogP contribution in [0.25, 0.3) is 10.8 Å². The molecule has 1 unspecified atom stereocenters. The molecular weight excluding hydrogens is 588 g/mol. The summed E-state index contributed by atoms with van der Waals surface area (Å²) in [5.74, 6) is -0.993. The minimum atomic E-state index is -3.86. The van der Waals surface area contributed by atoms with Crippen molar-refractivity contribution in [3.63, 3.8) is 0 Å². The number of carbonyl (C=O) groups is 2. The zero-order chi connectivity index (χ0) is 30.7. The fourth-order valence-corrected chi connectivity index (χ4v) is 6.44. The monoisotopic (exact) mass is 614 g/mol. The van der Waals surface area contributed by atoms with E-state index in [1.54, 1.807) is 72.8 Å². The van der Waals surface area contributed by atoms with E-state index in [1.165, 1.54) is 31.2 Å². The summed E-state index contributed by atoms with van der Waals surface area (Å²) in [6.07, 6.45) is -1.18. The van der Waals surface area contributed by atoms with Gasteiger partial charge in [0.05, 0.1) is 26.2 Å². The molecule has 5 rings (SSSR count). The molecule has 43 heavy (non-hydrogen) atoms. The third-order valence-corrected chi connectivity index (χ3v) is 8.79. The molecular formula is C33H27ClN2O6S. The number of benzene rings is 5. The summed E-state index contributed by atoms with van der Waals surface area (Å²) in [6.45, 7) is 3.12. The molecule has 8 nitrogen and oxygen atoms in total. The number of amides is 2. The lowest BCUT2D eigenvalue weighted by Gasteiger charge is -2.21. The number of hydrogen-bond acceptors (Lipinski definition) is 6. The standard InChI is InChI=1S/C33H27ClN2O6S/c1-20-9-8-12-23(17-20)43(40,41)31-16-15-30(24-13-6-7-14-25(24)31)42-32(22-10-4-3-5-11-22)33(39)36-27-19-29(38)28(18-26(27)34)35-21(2)37/h3-19,32,38H,1-2H3,(H,35,37)(H,36,39). The Hall–Kier alpha value is -4.86. The number of ether oxygens (including phenoxy) is 1. The fraction of sp³-hybridized carbons (Fsp3) is 0.0909. The molecule has 0 spiro atoms. The van der Waals surface area contributed by atoms with Gasteiger partial charge in [-0.1, -0.05) is 78.3 Å². The molecule has 0 heterocycles. The highest BCUT2D eigenvalue weighted by Crippen LogP contribution is 2.38. The van der Waals surface area contributed by atoms with Crippen LogP contribution in [0.3, 0.4) is 0 Å². The van der Waals surface area contributed by atoms with Gasteiger partial charge in [-0.05, 0) is 42.8 Å². The second-order valence-electron chi connectivity index (χ2n) is 9.86. The Morgan fingerprint density at radius 1 is 0.814 bits per heavy atom. The van der Waals surface area contributed by atoms with Crippen molar-refractivity contribution in [2.75, 3.05) is 10.6 Å². The van der Waals surface area contributed by atoms with E-state index >= 15 is 0 Å². The number of anilines is 2. The summed E-state index contributed by atoms with van der Waals surface area (Å²) < 4.78 is 33.6. The predicted molar refractivity (Wildman–Crippen MR) is 166 cm³/mol. The van der Waals surface area contributed by atoms with Crippen molar-refractivity contribution in [1.82, 2.24) is 0 Å². The van der Waals surface area contributed by atoms with E-state index in [4.69, 9.17) is 16.3 Å². The van der Waals surface area contributed by atoms with Crippen molar-refractivity contribution in [3.05, 3.63) is 119 Å². The SMILES string of the molecule is CC(=O)Nc1cc(Cl)c(NC(=O)C(Oc2ccc(S(=O)(=O)c3cccc(C)c3)c3ccccc23)c2ccccc2)cc1O. The van der Waals surface area contributed by atoms with Crippen molar-refractivity contribution in [1.29, 1.82) is 0 Å². The van der Waals surface area contributed by atoms with E-state index in [2.05, 4.69) is 10.6 Å². The Balaban J connectivity index is 1.53. The second kappa shape index (κ2) is 12.2. The van der Waals surface area contributed by atoms with Crippen LogP contribution in [0.1, 0.15) is 24.2 Å². The number of phenolic OH excluding ortho intramolecular Hbond substituents is 1. The number of aromatic hydroxyl groups is 1. The van der Waals surface area contributed by atoms with Crippen LogP contribution in [0.2, 0.25) is 5.02 Å². The van der Waals surface area contributed by atoms with Crippen LogP contribution in [-0.4, -0.2) is 25.3 Å². The van der Waals surface area contributed by atoms with E-state index in [0.717, 1.165) is 5.56 Å². The quantitative estimate of drug-likeness (QED) is 0.161. The van der Waals surface area contributed by atoms with Gasteiger partial charge in [0.15, 0.2) is 0 Å². The minimum absolute atomic E-state index is 0.0814. The summed E-state index contributed by atoms with van der Waals surface area (Å²) in [6, 6.07) is 28.0. The first kappa shape index (κ1) is 29.6. The second-order valence-corrected chi connectivity index (χ2v) is 12.2. The summed E-state index contributed by atoms with van der Waals surface area (Å²) in [7, 11) is -3.86. The van der Waals surface area contributed by atoms with Crippen molar-refractivity contribution in [2.45, 2.75) is 29.7 Å². The molecule has 0 bridgehead atoms. The summed E-state index contributed by atoms with van der Waals surface area (Å²) in [5.41, 5.74) is 1.54. The number of rotatable bonds is 8. The van der Waals surface area contributed by atoms with Crippen LogP contribution in [0, 0.1) is 6.92 Å². The molecule has 0 radical (unpaired) electrons. The molecule has 0 aromatic heterocycles. The smallest absolute Gasteiger partial charge is 0.270 e. The molecule has 0 aliphatic carbocycles. The van der Waals surface area contributed by atoms with Crippen molar-refractivity contribution < 1.29 is 27.9 Å². The van der Waals surface area contributed by atoms with Gasteiger partial charge in [0.25, 0.3) is 5.91 Å². The van der Waals surface area contributed by atoms with Crippen LogP contribution < -0.4 is 15.4 Å². The number of hydrogen-bond donors (Lipinski definition) is 3. The maximum atomic E-state index is 13.7. The normalized spacial score (nSPS) is 12.0. The average Bonchev–Trinajstić information content (AvgIpc) is 2.98. The highest BCUT2D eigenvalue weighted by Gasteiger charge is 2.27. The fourth-order valence-electron chi connectivity index (χ4n) is 4.66. The Kier molecular flexibility index (Phi) is 8.38. The first-order valence-corrected chi connectivity index (χ1v) is 15.1. The lowest BCUT2D eigenvalue weighted by Crippen LogP contribution is -2.26. The van der Waals surface area contributed by atoms with Gasteiger partial charge in [0.1, 0.15) is 11.5 Å². The largest absolute Gasteiger partial charge is 0.506 e. The minimum Gasteiger partial charge on any atom is -0.506 e. The molecule has 0 fully saturated rings. The lowest BCUT2D eigenvalue weighted by molar-refractivity contribution is -0.123. The predicted octanol–water partition coefficient (Wildman–Crippen LogP) is 7.06. The van der Waals surface area contributed by atoms with Gasteiger partial charge in [-0.2, -0.15) is 0 Å². The van der Waals surface area contributed by atoms with Crippen LogP contribution in [-0.2, 0) is 19.4 Å². The van der Waals surface area contributed by atoms with E-state index in [9.17, 15) is 23.1 Å². The van der Waals surface area contributed by atoms with Crippen LogP contribution in [0.4, 0.5) is 11.4 Å².